The second-order valence-corrected chi connectivity index (χ2v) is 8.54. The van der Waals surface area contributed by atoms with Crippen molar-refractivity contribution in [2.75, 3.05) is 5.32 Å². The second-order valence-electron chi connectivity index (χ2n) is 8.54. The van der Waals surface area contributed by atoms with E-state index in [1.165, 1.54) is 16.7 Å². The lowest BCUT2D eigenvalue weighted by atomic mass is 10.0. The van der Waals surface area contributed by atoms with Gasteiger partial charge in [-0.15, -0.1) is 0 Å². The molecule has 1 heterocycles. The van der Waals surface area contributed by atoms with E-state index in [9.17, 15) is 4.79 Å². The van der Waals surface area contributed by atoms with Gasteiger partial charge in [0.2, 0.25) is 0 Å². The molecule has 1 N–H and O–H groups in total. The van der Waals surface area contributed by atoms with E-state index >= 15 is 0 Å². The summed E-state index contributed by atoms with van der Waals surface area (Å²) in [4.78, 5) is 14.9. The Morgan fingerprint density at radius 1 is 0.967 bits per heavy atom. The standard InChI is InChI=1S/C26H33N3O/c1-19(2)23-12-14-24(15-13-23)27-26(30)29(20(3)4)18-25-7-6-16-28(25)17-22-10-8-21(5)9-11-22/h6-16,19-20H,17-18H2,1-5H3,(H,27,30). The minimum atomic E-state index is -0.0783. The third-order valence-electron chi connectivity index (χ3n) is 5.44. The van der Waals surface area contributed by atoms with Gasteiger partial charge in [-0.05, 0) is 62.1 Å². The summed E-state index contributed by atoms with van der Waals surface area (Å²) in [6, 6.07) is 20.8. The van der Waals surface area contributed by atoms with Crippen molar-refractivity contribution >= 4 is 11.7 Å². The number of aromatic nitrogens is 1. The van der Waals surface area contributed by atoms with Gasteiger partial charge < -0.3 is 14.8 Å². The van der Waals surface area contributed by atoms with Crippen LogP contribution >= 0.6 is 0 Å². The maximum Gasteiger partial charge on any atom is 0.322 e. The number of urea groups is 1. The summed E-state index contributed by atoms with van der Waals surface area (Å²) in [5, 5.41) is 3.06. The van der Waals surface area contributed by atoms with Crippen molar-refractivity contribution in [3.8, 4) is 0 Å². The third-order valence-corrected chi connectivity index (χ3v) is 5.44. The number of carbonyl (C=O) groups is 1. The lowest BCUT2D eigenvalue weighted by molar-refractivity contribution is 0.192. The molecule has 0 saturated carbocycles. The molecule has 3 rings (SSSR count). The summed E-state index contributed by atoms with van der Waals surface area (Å²) >= 11 is 0. The first-order valence-electron chi connectivity index (χ1n) is 10.7. The molecule has 0 spiro atoms. The zero-order valence-corrected chi connectivity index (χ0v) is 18.7. The fraction of sp³-hybridized carbons (Fsp3) is 0.346. The van der Waals surface area contributed by atoms with E-state index in [2.05, 4.69) is 93.2 Å². The Bertz CT molecular complexity index is 953. The minimum absolute atomic E-state index is 0.0783. The number of carbonyl (C=O) groups excluding carboxylic acids is 1. The summed E-state index contributed by atoms with van der Waals surface area (Å²) < 4.78 is 2.21. The van der Waals surface area contributed by atoms with E-state index in [0.29, 0.717) is 12.5 Å². The predicted octanol–water partition coefficient (Wildman–Crippen LogP) is 6.41. The number of aryl methyl sites for hydroxylation is 1. The highest BCUT2D eigenvalue weighted by atomic mass is 16.2. The van der Waals surface area contributed by atoms with Crippen molar-refractivity contribution in [2.45, 2.75) is 59.7 Å². The highest BCUT2D eigenvalue weighted by Gasteiger charge is 2.19. The van der Waals surface area contributed by atoms with Crippen LogP contribution < -0.4 is 5.32 Å². The summed E-state index contributed by atoms with van der Waals surface area (Å²) in [5.74, 6) is 0.475. The summed E-state index contributed by atoms with van der Waals surface area (Å²) in [7, 11) is 0. The molecule has 0 aliphatic rings. The van der Waals surface area contributed by atoms with Crippen LogP contribution in [0.5, 0.6) is 0 Å². The Labute approximate surface area is 180 Å². The fourth-order valence-corrected chi connectivity index (χ4v) is 3.45. The average molecular weight is 404 g/mol. The van der Waals surface area contributed by atoms with Crippen molar-refractivity contribution in [3.05, 3.63) is 89.2 Å². The fourth-order valence-electron chi connectivity index (χ4n) is 3.45. The number of anilines is 1. The van der Waals surface area contributed by atoms with E-state index in [4.69, 9.17) is 0 Å². The van der Waals surface area contributed by atoms with Crippen LogP contribution in [0, 0.1) is 6.92 Å². The lowest BCUT2D eigenvalue weighted by Crippen LogP contribution is -2.40. The largest absolute Gasteiger partial charge is 0.345 e. The van der Waals surface area contributed by atoms with Crippen molar-refractivity contribution < 1.29 is 4.79 Å². The summed E-state index contributed by atoms with van der Waals surface area (Å²) in [6.45, 7) is 11.9. The Morgan fingerprint density at radius 2 is 1.63 bits per heavy atom. The van der Waals surface area contributed by atoms with Gasteiger partial charge in [0.15, 0.2) is 0 Å². The highest BCUT2D eigenvalue weighted by molar-refractivity contribution is 5.89. The number of nitrogens with one attached hydrogen (secondary N) is 1. The number of nitrogens with zero attached hydrogens (tertiary/aromatic N) is 2. The highest BCUT2D eigenvalue weighted by Crippen LogP contribution is 2.19. The van der Waals surface area contributed by atoms with Crippen LogP contribution in [0.15, 0.2) is 66.9 Å². The lowest BCUT2D eigenvalue weighted by Gasteiger charge is -2.27. The van der Waals surface area contributed by atoms with Crippen LogP contribution in [0.3, 0.4) is 0 Å². The van der Waals surface area contributed by atoms with Crippen LogP contribution in [0.25, 0.3) is 0 Å². The molecule has 4 heteroatoms. The summed E-state index contributed by atoms with van der Waals surface area (Å²) in [5.41, 5.74) is 5.72. The predicted molar refractivity (Wildman–Crippen MR) is 125 cm³/mol. The van der Waals surface area contributed by atoms with Crippen LogP contribution in [-0.2, 0) is 13.1 Å². The van der Waals surface area contributed by atoms with Crippen molar-refractivity contribution in [1.82, 2.24) is 9.47 Å². The van der Waals surface area contributed by atoms with E-state index in [1.54, 1.807) is 0 Å². The SMILES string of the molecule is Cc1ccc(Cn2cccc2CN(C(=O)Nc2ccc(C(C)C)cc2)C(C)C)cc1. The molecule has 0 radical (unpaired) electrons. The number of benzene rings is 2. The first-order chi connectivity index (χ1) is 14.3. The van der Waals surface area contributed by atoms with Gasteiger partial charge in [-0.2, -0.15) is 0 Å². The van der Waals surface area contributed by atoms with Crippen LogP contribution in [0.2, 0.25) is 0 Å². The van der Waals surface area contributed by atoms with E-state index < -0.39 is 0 Å². The molecule has 0 unspecified atom stereocenters. The number of rotatable bonds is 7. The van der Waals surface area contributed by atoms with Gasteiger partial charge in [-0.25, -0.2) is 4.79 Å². The van der Waals surface area contributed by atoms with Gasteiger partial charge >= 0.3 is 6.03 Å². The normalized spacial score (nSPS) is 11.2. The summed E-state index contributed by atoms with van der Waals surface area (Å²) in [6.07, 6.45) is 2.08. The number of amides is 2. The molecule has 1 aromatic heterocycles. The molecule has 2 amide bonds. The minimum Gasteiger partial charge on any atom is -0.345 e. The molecule has 4 nitrogen and oxygen atoms in total. The van der Waals surface area contributed by atoms with Gasteiger partial charge in [0, 0.05) is 30.2 Å². The first kappa shape index (κ1) is 21.7. The van der Waals surface area contributed by atoms with E-state index in [1.807, 2.05) is 23.1 Å². The van der Waals surface area contributed by atoms with Gasteiger partial charge in [-0.1, -0.05) is 55.8 Å². The van der Waals surface area contributed by atoms with E-state index in [0.717, 1.165) is 17.9 Å². The second kappa shape index (κ2) is 9.66. The molecule has 0 saturated heterocycles. The number of hydrogen-bond acceptors (Lipinski definition) is 1. The van der Waals surface area contributed by atoms with E-state index in [-0.39, 0.29) is 12.1 Å². The van der Waals surface area contributed by atoms with Gasteiger partial charge in [0.25, 0.3) is 0 Å². The zero-order chi connectivity index (χ0) is 21.7. The maximum absolute atomic E-state index is 13.0. The molecule has 3 aromatic rings. The first-order valence-corrected chi connectivity index (χ1v) is 10.7. The molecule has 0 aliphatic heterocycles. The monoisotopic (exact) mass is 403 g/mol. The number of hydrogen-bond donors (Lipinski definition) is 1. The van der Waals surface area contributed by atoms with Crippen molar-refractivity contribution in [3.63, 3.8) is 0 Å². The van der Waals surface area contributed by atoms with Gasteiger partial charge in [-0.3, -0.25) is 0 Å². The van der Waals surface area contributed by atoms with Crippen LogP contribution in [0.4, 0.5) is 10.5 Å². The Hall–Kier alpha value is -3.01. The quantitative estimate of drug-likeness (QED) is 0.486. The van der Waals surface area contributed by atoms with Crippen molar-refractivity contribution in [1.29, 1.82) is 0 Å². The topological polar surface area (TPSA) is 37.3 Å². The van der Waals surface area contributed by atoms with Crippen molar-refractivity contribution in [2.24, 2.45) is 0 Å². The van der Waals surface area contributed by atoms with Crippen LogP contribution in [-0.4, -0.2) is 21.5 Å². The molecule has 30 heavy (non-hydrogen) atoms. The molecule has 0 atom stereocenters. The van der Waals surface area contributed by atoms with Gasteiger partial charge in [0.05, 0.1) is 6.54 Å². The Kier molecular flexibility index (Phi) is 6.99. The molecular formula is C26H33N3O. The molecular weight excluding hydrogens is 370 g/mol. The Balaban J connectivity index is 1.70. The average Bonchev–Trinajstić information content (AvgIpc) is 3.14. The zero-order valence-electron chi connectivity index (χ0n) is 18.7. The molecule has 158 valence electrons. The Morgan fingerprint density at radius 3 is 2.23 bits per heavy atom. The maximum atomic E-state index is 13.0. The van der Waals surface area contributed by atoms with Crippen LogP contribution in [0.1, 0.15) is 56.0 Å². The molecule has 0 fully saturated rings. The third kappa shape index (κ3) is 5.53. The molecule has 0 bridgehead atoms. The molecule has 2 aromatic carbocycles. The van der Waals surface area contributed by atoms with Gasteiger partial charge in [0.1, 0.15) is 0 Å². The molecule has 0 aliphatic carbocycles. The smallest absolute Gasteiger partial charge is 0.322 e.